The summed E-state index contributed by atoms with van der Waals surface area (Å²) in [5.41, 5.74) is -1.53. The van der Waals surface area contributed by atoms with Crippen LogP contribution >= 0.6 is 0 Å². The Kier molecular flexibility index (Phi) is 9.79. The van der Waals surface area contributed by atoms with Crippen molar-refractivity contribution in [2.75, 3.05) is 19.8 Å². The molecule has 1 saturated heterocycles. The van der Waals surface area contributed by atoms with E-state index in [9.17, 15) is 27.6 Å². The topological polar surface area (TPSA) is 192 Å². The predicted molar refractivity (Wildman–Crippen MR) is 210 cm³/mol. The summed E-state index contributed by atoms with van der Waals surface area (Å²) in [5.74, 6) is 0.200. The van der Waals surface area contributed by atoms with E-state index in [1.807, 2.05) is 31.2 Å². The molecule has 5 fully saturated rings. The van der Waals surface area contributed by atoms with Crippen LogP contribution in [0.4, 0.5) is 4.79 Å². The SMILES string of the molecule is C[C@@H]1CC/C=C\[C@@H]2C[C@@]2(C(=O)NS(=O)(=O)C2(C)CC2)NC(=O)[C@@H]2C[C@@H](Oc3nccc4c5c(ccc34)OCCO5)CN2C(=O)[C@@H](NC(=O)OC2C[C@@H]3C[C@@H]3C2)[C@H](C)C1. The van der Waals surface area contributed by atoms with Crippen LogP contribution in [0.15, 0.2) is 36.5 Å². The van der Waals surface area contributed by atoms with E-state index in [4.69, 9.17) is 18.9 Å². The number of benzene rings is 1. The van der Waals surface area contributed by atoms with Crippen molar-refractivity contribution in [3.05, 3.63) is 36.5 Å². The Labute approximate surface area is 338 Å². The molecule has 312 valence electrons. The second kappa shape index (κ2) is 14.6. The number of carbonyl (C=O) groups is 4. The molecule has 1 aromatic carbocycles. The fraction of sp³-hybridized carbons (Fsp3) is 0.643. The number of amides is 4. The summed E-state index contributed by atoms with van der Waals surface area (Å²) < 4.78 is 51.8. The summed E-state index contributed by atoms with van der Waals surface area (Å²) in [6.07, 6.45) is 9.92. The third-order valence-corrected chi connectivity index (χ3v) is 15.8. The first-order chi connectivity index (χ1) is 27.7. The number of alkyl carbamates (subject to hydrolysis) is 1. The van der Waals surface area contributed by atoms with Crippen molar-refractivity contribution < 1.29 is 46.5 Å². The molecule has 2 aromatic rings. The van der Waals surface area contributed by atoms with Gasteiger partial charge in [-0.2, -0.15) is 0 Å². The van der Waals surface area contributed by atoms with Crippen LogP contribution in [-0.4, -0.2) is 96.5 Å². The minimum atomic E-state index is -4.00. The first kappa shape index (κ1) is 38.9. The van der Waals surface area contributed by atoms with Gasteiger partial charge in [0.15, 0.2) is 11.5 Å². The Balaban J connectivity index is 1.02. The average Bonchev–Trinajstić information content (AvgIpc) is 4.15. The standard InChI is InChI=1S/C42H53N5O10S/c1-23-6-4-5-7-27-21-42(27,39(50)46-58(52,53)41(3)11-12-41)45-36(48)32-20-29(56-37-31-8-9-33-35(55-15-14-54-33)30(31)10-13-43-37)22-47(32)38(49)34(24(2)16-23)44-40(51)57-28-18-25-17-26(25)19-28/h5,7-10,13,23-29,32,34H,4,6,11-12,14-22H2,1-3H3,(H,44,51)(H,45,48)(H,46,50)/b7-5-/t23-,24-,25-,26+,27-,28?,29-,32+,34+,42-/m1/s1. The normalized spacial score (nSPS) is 35.5. The summed E-state index contributed by atoms with van der Waals surface area (Å²) in [4.78, 5) is 63.0. The van der Waals surface area contributed by atoms with Crippen LogP contribution in [-0.2, 0) is 29.1 Å². The minimum absolute atomic E-state index is 0.0176. The van der Waals surface area contributed by atoms with Gasteiger partial charge in [0, 0.05) is 29.3 Å². The van der Waals surface area contributed by atoms with Gasteiger partial charge in [0.2, 0.25) is 27.7 Å². The van der Waals surface area contributed by atoms with Gasteiger partial charge in [-0.25, -0.2) is 18.2 Å². The van der Waals surface area contributed by atoms with Gasteiger partial charge in [0.05, 0.1) is 11.3 Å². The smallest absolute Gasteiger partial charge is 0.408 e. The van der Waals surface area contributed by atoms with Crippen LogP contribution in [0.2, 0.25) is 0 Å². The van der Waals surface area contributed by atoms with Crippen LogP contribution in [0.5, 0.6) is 17.4 Å². The number of fused-ring (bicyclic) bond motifs is 6. The fourth-order valence-corrected chi connectivity index (χ4v) is 11.0. The van der Waals surface area contributed by atoms with E-state index in [-0.39, 0.29) is 43.2 Å². The zero-order valence-electron chi connectivity index (χ0n) is 33.2. The highest BCUT2D eigenvalue weighted by Gasteiger charge is 2.63. The highest BCUT2D eigenvalue weighted by Crippen LogP contribution is 2.53. The van der Waals surface area contributed by atoms with Crippen LogP contribution in [0, 0.1) is 29.6 Å². The first-order valence-electron chi connectivity index (χ1n) is 20.9. The van der Waals surface area contributed by atoms with Gasteiger partial charge >= 0.3 is 6.09 Å². The monoisotopic (exact) mass is 819 g/mol. The number of nitrogens with one attached hydrogen (secondary N) is 3. The van der Waals surface area contributed by atoms with Crippen molar-refractivity contribution in [3.8, 4) is 17.4 Å². The van der Waals surface area contributed by atoms with E-state index in [0.717, 1.165) is 24.6 Å². The molecule has 7 aliphatic rings. The van der Waals surface area contributed by atoms with Crippen molar-refractivity contribution in [1.29, 1.82) is 0 Å². The quantitative estimate of drug-likeness (QED) is 0.341. The molecule has 9 rings (SSSR count). The van der Waals surface area contributed by atoms with Crippen molar-refractivity contribution >= 4 is 44.6 Å². The number of allylic oxidation sites excluding steroid dienone is 1. The van der Waals surface area contributed by atoms with Gasteiger partial charge in [0.1, 0.15) is 43.0 Å². The zero-order chi connectivity index (χ0) is 40.6. The first-order valence-corrected chi connectivity index (χ1v) is 22.4. The number of rotatable bonds is 7. The highest BCUT2D eigenvalue weighted by atomic mass is 32.2. The fourth-order valence-electron chi connectivity index (χ4n) is 9.65. The second-order valence-electron chi connectivity index (χ2n) is 18.1. The molecule has 16 heteroatoms. The summed E-state index contributed by atoms with van der Waals surface area (Å²) in [5, 5.41) is 7.25. The molecule has 3 aliphatic heterocycles. The summed E-state index contributed by atoms with van der Waals surface area (Å²) >= 11 is 0. The lowest BCUT2D eigenvalue weighted by Gasteiger charge is -2.33. The largest absolute Gasteiger partial charge is 0.486 e. The highest BCUT2D eigenvalue weighted by molar-refractivity contribution is 7.91. The molecule has 0 bridgehead atoms. The molecule has 4 aliphatic carbocycles. The Morgan fingerprint density at radius 2 is 1.76 bits per heavy atom. The number of carbonyl (C=O) groups excluding carboxylic acids is 4. The summed E-state index contributed by atoms with van der Waals surface area (Å²) in [6, 6.07) is 3.30. The molecule has 1 unspecified atom stereocenters. The lowest BCUT2D eigenvalue weighted by atomic mass is 9.88. The molecule has 0 radical (unpaired) electrons. The van der Waals surface area contributed by atoms with Crippen molar-refractivity contribution in [1.82, 2.24) is 25.2 Å². The number of hydrogen-bond donors (Lipinski definition) is 3. The Morgan fingerprint density at radius 1 is 0.983 bits per heavy atom. The van der Waals surface area contributed by atoms with E-state index >= 15 is 0 Å². The number of aromatic nitrogens is 1. The van der Waals surface area contributed by atoms with Gasteiger partial charge in [0.25, 0.3) is 5.91 Å². The minimum Gasteiger partial charge on any atom is -0.486 e. The lowest BCUT2D eigenvalue weighted by molar-refractivity contribution is -0.142. The number of sulfonamides is 1. The van der Waals surface area contributed by atoms with Gasteiger partial charge in [-0.1, -0.05) is 26.0 Å². The number of ether oxygens (including phenoxy) is 4. The molecule has 10 atom stereocenters. The van der Waals surface area contributed by atoms with Gasteiger partial charge in [-0.15, -0.1) is 0 Å². The summed E-state index contributed by atoms with van der Waals surface area (Å²) in [6.45, 7) is 6.44. The molecular weight excluding hydrogens is 767 g/mol. The van der Waals surface area contributed by atoms with E-state index in [1.165, 1.54) is 11.3 Å². The van der Waals surface area contributed by atoms with Crippen molar-refractivity contribution in [2.24, 2.45) is 29.6 Å². The van der Waals surface area contributed by atoms with Crippen molar-refractivity contribution in [3.63, 3.8) is 0 Å². The van der Waals surface area contributed by atoms with Gasteiger partial charge in [-0.3, -0.25) is 19.1 Å². The molecule has 15 nitrogen and oxygen atoms in total. The van der Waals surface area contributed by atoms with Crippen LogP contribution in [0.3, 0.4) is 0 Å². The van der Waals surface area contributed by atoms with Crippen molar-refractivity contribution in [2.45, 2.75) is 120 Å². The molecule has 4 heterocycles. The maximum atomic E-state index is 14.9. The Bertz CT molecular complexity index is 2150. The van der Waals surface area contributed by atoms with Gasteiger partial charge in [-0.05, 0) is 107 Å². The van der Waals surface area contributed by atoms with E-state index in [0.29, 0.717) is 67.6 Å². The molecule has 4 saturated carbocycles. The zero-order valence-corrected chi connectivity index (χ0v) is 34.1. The maximum absolute atomic E-state index is 14.9. The van der Waals surface area contributed by atoms with Crippen LogP contribution in [0.1, 0.15) is 85.0 Å². The lowest BCUT2D eigenvalue weighted by Crippen LogP contribution is -2.59. The predicted octanol–water partition coefficient (Wildman–Crippen LogP) is 4.13. The number of pyridine rings is 1. The number of nitrogens with zero attached hydrogens (tertiary/aromatic N) is 2. The molecule has 4 amide bonds. The average molecular weight is 820 g/mol. The molecule has 1 aromatic heterocycles. The molecular formula is C42H53N5O10S. The van der Waals surface area contributed by atoms with Gasteiger partial charge < -0.3 is 34.5 Å². The van der Waals surface area contributed by atoms with E-state index < -0.39 is 68.2 Å². The van der Waals surface area contributed by atoms with Crippen LogP contribution in [0.25, 0.3) is 10.8 Å². The maximum Gasteiger partial charge on any atom is 0.408 e. The Hall–Kier alpha value is -4.60. The molecule has 0 spiro atoms. The third kappa shape index (κ3) is 7.34. The van der Waals surface area contributed by atoms with E-state index in [2.05, 4.69) is 27.3 Å². The Morgan fingerprint density at radius 3 is 2.53 bits per heavy atom. The third-order valence-electron chi connectivity index (χ3n) is 13.7. The molecule has 58 heavy (non-hydrogen) atoms. The van der Waals surface area contributed by atoms with Crippen LogP contribution < -0.4 is 29.6 Å². The number of hydrogen-bond acceptors (Lipinski definition) is 11. The summed E-state index contributed by atoms with van der Waals surface area (Å²) in [7, 11) is -4.00. The molecule has 3 N–H and O–H groups in total. The second-order valence-corrected chi connectivity index (χ2v) is 20.3. The van der Waals surface area contributed by atoms with E-state index in [1.54, 1.807) is 19.2 Å².